The Labute approximate surface area is 80.9 Å². The molecule has 1 aromatic heterocycles. The minimum Gasteiger partial charge on any atom is -0.245 e. The van der Waals surface area contributed by atoms with Gasteiger partial charge in [0.25, 0.3) is 0 Å². The highest BCUT2D eigenvalue weighted by molar-refractivity contribution is 5.55. The highest BCUT2D eigenvalue weighted by Crippen LogP contribution is 2.05. The van der Waals surface area contributed by atoms with Crippen LogP contribution in [0, 0.1) is 11.3 Å². The molecule has 0 saturated carbocycles. The van der Waals surface area contributed by atoms with Gasteiger partial charge >= 0.3 is 0 Å². The van der Waals surface area contributed by atoms with E-state index in [1.807, 2.05) is 6.07 Å². The van der Waals surface area contributed by atoms with Gasteiger partial charge in [0.15, 0.2) is 0 Å². The van der Waals surface area contributed by atoms with Crippen molar-refractivity contribution in [1.82, 2.24) is 4.98 Å². The summed E-state index contributed by atoms with van der Waals surface area (Å²) in [6.45, 7) is 0.274. The molecule has 68 valence electrons. The Morgan fingerprint density at radius 1 is 1.71 bits per heavy atom. The molecule has 0 saturated heterocycles. The fraction of sp³-hybridized carbons (Fsp3) is 0.111. The number of aromatic nitrogens is 1. The first-order chi connectivity index (χ1) is 6.88. The summed E-state index contributed by atoms with van der Waals surface area (Å²) in [5.41, 5.74) is 9.11. The quantitative estimate of drug-likeness (QED) is 0.411. The molecule has 0 spiro atoms. The molecule has 1 aromatic rings. The molecule has 5 heteroatoms. The molecule has 0 bridgehead atoms. The van der Waals surface area contributed by atoms with Gasteiger partial charge in [-0.25, -0.2) is 4.98 Å². The SMILES string of the molecule is N#Cc1ncccc1C=CCN=[N+]=[N-]. The van der Waals surface area contributed by atoms with E-state index in [0.29, 0.717) is 5.69 Å². The minimum absolute atomic E-state index is 0.274. The average Bonchev–Trinajstić information content (AvgIpc) is 2.25. The third-order valence-corrected chi connectivity index (χ3v) is 1.49. The number of pyridine rings is 1. The summed E-state index contributed by atoms with van der Waals surface area (Å²) in [5.74, 6) is 0. The summed E-state index contributed by atoms with van der Waals surface area (Å²) in [7, 11) is 0. The summed E-state index contributed by atoms with van der Waals surface area (Å²) < 4.78 is 0. The molecular formula is C9H7N5. The number of rotatable bonds is 3. The zero-order valence-electron chi connectivity index (χ0n) is 7.33. The van der Waals surface area contributed by atoms with Crippen LogP contribution in [0.3, 0.4) is 0 Å². The molecule has 0 atom stereocenters. The van der Waals surface area contributed by atoms with Crippen LogP contribution in [0.4, 0.5) is 0 Å². The van der Waals surface area contributed by atoms with Gasteiger partial charge in [-0.1, -0.05) is 23.3 Å². The van der Waals surface area contributed by atoms with Gasteiger partial charge in [-0.15, -0.1) is 0 Å². The Kier molecular flexibility index (Phi) is 3.74. The van der Waals surface area contributed by atoms with Crippen LogP contribution >= 0.6 is 0 Å². The van der Waals surface area contributed by atoms with Crippen LogP contribution in [0.1, 0.15) is 11.3 Å². The molecule has 0 aliphatic carbocycles. The van der Waals surface area contributed by atoms with Crippen molar-refractivity contribution >= 4 is 6.08 Å². The van der Waals surface area contributed by atoms with Crippen LogP contribution < -0.4 is 0 Å². The molecule has 0 aliphatic rings. The topological polar surface area (TPSA) is 85.4 Å². The first-order valence-corrected chi connectivity index (χ1v) is 3.91. The average molecular weight is 185 g/mol. The second kappa shape index (κ2) is 5.36. The molecule has 0 aromatic carbocycles. The Morgan fingerprint density at radius 3 is 3.29 bits per heavy atom. The van der Waals surface area contributed by atoms with Crippen LogP contribution in [0.15, 0.2) is 29.5 Å². The van der Waals surface area contributed by atoms with E-state index in [2.05, 4.69) is 15.0 Å². The summed E-state index contributed by atoms with van der Waals surface area (Å²) in [6.07, 6.45) is 4.95. The van der Waals surface area contributed by atoms with E-state index in [1.165, 1.54) is 0 Å². The zero-order chi connectivity index (χ0) is 10.2. The van der Waals surface area contributed by atoms with Gasteiger partial charge in [0.1, 0.15) is 11.8 Å². The first-order valence-electron chi connectivity index (χ1n) is 3.91. The summed E-state index contributed by atoms with van der Waals surface area (Å²) in [4.78, 5) is 6.48. The molecule has 0 aliphatic heterocycles. The van der Waals surface area contributed by atoms with Gasteiger partial charge in [0, 0.05) is 23.2 Å². The van der Waals surface area contributed by atoms with Crippen LogP contribution in [0.25, 0.3) is 16.5 Å². The minimum atomic E-state index is 0.274. The molecule has 0 amide bonds. The number of azide groups is 1. The largest absolute Gasteiger partial charge is 0.245 e. The highest BCUT2D eigenvalue weighted by atomic mass is 15.1. The van der Waals surface area contributed by atoms with Crippen molar-refractivity contribution in [1.29, 1.82) is 5.26 Å². The Morgan fingerprint density at radius 2 is 2.57 bits per heavy atom. The first kappa shape index (κ1) is 9.78. The van der Waals surface area contributed by atoms with Gasteiger partial charge in [0.05, 0.1) is 0 Å². The monoisotopic (exact) mass is 185 g/mol. The van der Waals surface area contributed by atoms with Crippen molar-refractivity contribution in [3.63, 3.8) is 0 Å². The third kappa shape index (κ3) is 2.63. The zero-order valence-corrected chi connectivity index (χ0v) is 7.33. The van der Waals surface area contributed by atoms with E-state index in [-0.39, 0.29) is 6.54 Å². The Bertz CT molecular complexity index is 423. The van der Waals surface area contributed by atoms with Crippen molar-refractivity contribution in [2.75, 3.05) is 6.54 Å². The smallest absolute Gasteiger partial charge is 0.147 e. The maximum absolute atomic E-state index is 8.69. The Balaban J connectivity index is 2.81. The predicted molar refractivity (Wildman–Crippen MR) is 52.0 cm³/mol. The van der Waals surface area contributed by atoms with Gasteiger partial charge in [0.2, 0.25) is 0 Å². The lowest BCUT2D eigenvalue weighted by Gasteiger charge is -1.93. The van der Waals surface area contributed by atoms with E-state index >= 15 is 0 Å². The van der Waals surface area contributed by atoms with Crippen LogP contribution in [-0.4, -0.2) is 11.5 Å². The van der Waals surface area contributed by atoms with Gasteiger partial charge < -0.3 is 0 Å². The van der Waals surface area contributed by atoms with Crippen molar-refractivity contribution in [3.05, 3.63) is 46.1 Å². The lowest BCUT2D eigenvalue weighted by atomic mass is 10.2. The Hall–Kier alpha value is -2.31. The molecular weight excluding hydrogens is 178 g/mol. The number of hydrogen-bond acceptors (Lipinski definition) is 3. The van der Waals surface area contributed by atoms with E-state index < -0.39 is 0 Å². The number of nitriles is 1. The molecule has 1 rings (SSSR count). The molecule has 0 fully saturated rings. The lowest BCUT2D eigenvalue weighted by molar-refractivity contribution is 1.21. The predicted octanol–water partition coefficient (Wildman–Crippen LogP) is 2.28. The van der Waals surface area contributed by atoms with Crippen LogP contribution in [0.5, 0.6) is 0 Å². The van der Waals surface area contributed by atoms with E-state index in [4.69, 9.17) is 10.8 Å². The van der Waals surface area contributed by atoms with Gasteiger partial charge in [-0.2, -0.15) is 5.26 Å². The second-order valence-electron chi connectivity index (χ2n) is 2.37. The standard InChI is InChI=1S/C9H7N5/c10-7-9-8(3-1-5-12-9)4-2-6-13-14-11/h1-5H,6H2. The molecule has 0 radical (unpaired) electrons. The molecule has 0 N–H and O–H groups in total. The van der Waals surface area contributed by atoms with Crippen molar-refractivity contribution in [2.45, 2.75) is 0 Å². The molecule has 0 unspecified atom stereocenters. The highest BCUT2D eigenvalue weighted by Gasteiger charge is 1.95. The van der Waals surface area contributed by atoms with E-state index in [0.717, 1.165) is 5.56 Å². The number of hydrogen-bond donors (Lipinski definition) is 0. The van der Waals surface area contributed by atoms with Crippen molar-refractivity contribution in [3.8, 4) is 6.07 Å². The summed E-state index contributed by atoms with van der Waals surface area (Å²) in [6, 6.07) is 5.49. The summed E-state index contributed by atoms with van der Waals surface area (Å²) in [5, 5.41) is 12.0. The molecule has 1 heterocycles. The van der Waals surface area contributed by atoms with E-state index in [1.54, 1.807) is 30.5 Å². The van der Waals surface area contributed by atoms with Gasteiger partial charge in [-0.3, -0.25) is 0 Å². The van der Waals surface area contributed by atoms with Gasteiger partial charge in [-0.05, 0) is 11.6 Å². The third-order valence-electron chi connectivity index (χ3n) is 1.49. The fourth-order valence-corrected chi connectivity index (χ4v) is 0.909. The summed E-state index contributed by atoms with van der Waals surface area (Å²) >= 11 is 0. The lowest BCUT2D eigenvalue weighted by Crippen LogP contribution is -1.85. The normalized spacial score (nSPS) is 9.36. The van der Waals surface area contributed by atoms with Crippen molar-refractivity contribution < 1.29 is 0 Å². The van der Waals surface area contributed by atoms with Crippen LogP contribution in [-0.2, 0) is 0 Å². The van der Waals surface area contributed by atoms with Crippen LogP contribution in [0.2, 0.25) is 0 Å². The fourth-order valence-electron chi connectivity index (χ4n) is 0.909. The molecule has 14 heavy (non-hydrogen) atoms. The maximum atomic E-state index is 8.69. The van der Waals surface area contributed by atoms with Crippen molar-refractivity contribution in [2.24, 2.45) is 5.11 Å². The number of nitrogens with zero attached hydrogens (tertiary/aromatic N) is 5. The molecule has 5 nitrogen and oxygen atoms in total. The van der Waals surface area contributed by atoms with E-state index in [9.17, 15) is 0 Å². The maximum Gasteiger partial charge on any atom is 0.147 e. The second-order valence-corrected chi connectivity index (χ2v) is 2.37.